The molecule has 2 N–H and O–H groups in total. The maximum Gasteiger partial charge on any atom is 0.306 e. The van der Waals surface area contributed by atoms with Gasteiger partial charge in [-0.3, -0.25) is 4.79 Å². The second kappa shape index (κ2) is 4.04. The number of hydrogen-bond donors (Lipinski definition) is 2. The Labute approximate surface area is 60.6 Å². The highest BCUT2D eigenvalue weighted by Crippen LogP contribution is 2.03. The lowest BCUT2D eigenvalue weighted by Gasteiger charge is -2.04. The fraction of sp³-hybridized carbons (Fsp3) is 0.714. The maximum absolute atomic E-state index is 10.3. The van der Waals surface area contributed by atoms with Gasteiger partial charge in [0.15, 0.2) is 0 Å². The number of nitrogens with one attached hydrogen (secondary N) is 1. The second-order valence-corrected chi connectivity index (χ2v) is 2.40. The number of rotatable bonds is 4. The van der Waals surface area contributed by atoms with Gasteiger partial charge in [0.25, 0.3) is 0 Å². The molecular weight excluding hydrogens is 130 g/mol. The summed E-state index contributed by atoms with van der Waals surface area (Å²) >= 11 is 0. The molecule has 0 aliphatic rings. The molecule has 0 aliphatic carbocycles. The highest BCUT2D eigenvalue weighted by atomic mass is 16.4. The van der Waals surface area contributed by atoms with Crippen molar-refractivity contribution in [3.63, 3.8) is 0 Å². The van der Waals surface area contributed by atoms with Crippen LogP contribution in [0.3, 0.4) is 0 Å². The number of carbonyl (C=O) groups is 1. The monoisotopic (exact) mass is 143 g/mol. The topological polar surface area (TPSA) is 61.2 Å². The maximum atomic E-state index is 10.3. The molecule has 0 aromatic heterocycles. The van der Waals surface area contributed by atoms with Crippen molar-refractivity contribution in [1.29, 1.82) is 5.41 Å². The summed E-state index contributed by atoms with van der Waals surface area (Å²) in [5, 5.41) is 15.6. The first-order valence-corrected chi connectivity index (χ1v) is 3.37. The van der Waals surface area contributed by atoms with Gasteiger partial charge in [-0.15, -0.1) is 0 Å². The molecule has 3 heteroatoms. The minimum atomic E-state index is -0.821. The van der Waals surface area contributed by atoms with E-state index >= 15 is 0 Å². The van der Waals surface area contributed by atoms with Crippen LogP contribution in [-0.2, 0) is 4.79 Å². The molecule has 10 heavy (non-hydrogen) atoms. The van der Waals surface area contributed by atoms with Crippen LogP contribution in [0.5, 0.6) is 0 Å². The summed E-state index contributed by atoms with van der Waals surface area (Å²) in [6, 6.07) is 0. The smallest absolute Gasteiger partial charge is 0.306 e. The molecule has 0 aliphatic heterocycles. The third-order valence-corrected chi connectivity index (χ3v) is 1.40. The lowest BCUT2D eigenvalue weighted by molar-refractivity contribution is -0.140. The van der Waals surface area contributed by atoms with E-state index in [0.29, 0.717) is 18.6 Å². The molecule has 0 radical (unpaired) electrons. The first-order chi connectivity index (χ1) is 4.57. The lowest BCUT2D eigenvalue weighted by atomic mass is 10.0. The van der Waals surface area contributed by atoms with Gasteiger partial charge in [-0.1, -0.05) is 13.8 Å². The zero-order chi connectivity index (χ0) is 8.15. The molecule has 0 aromatic rings. The molecule has 0 saturated carbocycles. The average Bonchev–Trinajstić information content (AvgIpc) is 1.87. The van der Waals surface area contributed by atoms with E-state index in [1.807, 2.05) is 6.92 Å². The Morgan fingerprint density at radius 2 is 2.20 bits per heavy atom. The first kappa shape index (κ1) is 9.14. The van der Waals surface area contributed by atoms with Gasteiger partial charge in [-0.25, -0.2) is 0 Å². The molecule has 1 atom stereocenters. The van der Waals surface area contributed by atoms with E-state index in [9.17, 15) is 4.79 Å². The van der Waals surface area contributed by atoms with Gasteiger partial charge in [0, 0.05) is 5.71 Å². The lowest BCUT2D eigenvalue weighted by Crippen LogP contribution is -2.13. The van der Waals surface area contributed by atoms with E-state index in [1.165, 1.54) is 0 Å². The van der Waals surface area contributed by atoms with Crippen molar-refractivity contribution in [2.24, 2.45) is 5.92 Å². The predicted octanol–water partition coefficient (Wildman–Crippen LogP) is 1.53. The quantitative estimate of drug-likeness (QED) is 0.586. The van der Waals surface area contributed by atoms with Crippen molar-refractivity contribution < 1.29 is 9.90 Å². The minimum absolute atomic E-state index is 0.381. The molecule has 0 bridgehead atoms. The molecule has 0 heterocycles. The van der Waals surface area contributed by atoms with Gasteiger partial charge >= 0.3 is 5.97 Å². The Morgan fingerprint density at radius 1 is 1.70 bits per heavy atom. The normalized spacial score (nSPS) is 12.6. The fourth-order valence-corrected chi connectivity index (χ4v) is 0.601. The van der Waals surface area contributed by atoms with Crippen LogP contribution in [0.25, 0.3) is 0 Å². The summed E-state index contributed by atoms with van der Waals surface area (Å²) in [6.07, 6.45) is 1.03. The minimum Gasteiger partial charge on any atom is -0.481 e. The van der Waals surface area contributed by atoms with Gasteiger partial charge in [-0.2, -0.15) is 0 Å². The molecule has 0 aromatic carbocycles. The van der Waals surface area contributed by atoms with E-state index in [2.05, 4.69) is 0 Å². The van der Waals surface area contributed by atoms with Gasteiger partial charge in [-0.05, 0) is 12.8 Å². The van der Waals surface area contributed by atoms with Crippen molar-refractivity contribution >= 4 is 11.7 Å². The Bertz CT molecular complexity index is 143. The van der Waals surface area contributed by atoms with Gasteiger partial charge in [0.05, 0.1) is 5.92 Å². The molecular formula is C7H13NO2. The molecule has 1 unspecified atom stereocenters. The van der Waals surface area contributed by atoms with Crippen LogP contribution >= 0.6 is 0 Å². The third kappa shape index (κ3) is 3.22. The first-order valence-electron chi connectivity index (χ1n) is 3.37. The zero-order valence-corrected chi connectivity index (χ0v) is 6.35. The number of carboxylic acid groups (broad SMARTS) is 1. The van der Waals surface area contributed by atoms with Crippen molar-refractivity contribution in [2.75, 3.05) is 0 Å². The Morgan fingerprint density at radius 3 is 2.50 bits per heavy atom. The van der Waals surface area contributed by atoms with Crippen LogP contribution < -0.4 is 0 Å². The summed E-state index contributed by atoms with van der Waals surface area (Å²) in [5.41, 5.74) is 0.509. The van der Waals surface area contributed by atoms with Crippen molar-refractivity contribution in [3.8, 4) is 0 Å². The van der Waals surface area contributed by atoms with Crippen LogP contribution in [0.1, 0.15) is 26.7 Å². The van der Waals surface area contributed by atoms with Crippen LogP contribution in [0.2, 0.25) is 0 Å². The zero-order valence-electron chi connectivity index (χ0n) is 6.35. The van der Waals surface area contributed by atoms with Crippen LogP contribution in [-0.4, -0.2) is 16.8 Å². The Kier molecular flexibility index (Phi) is 3.69. The molecule has 0 fully saturated rings. The predicted molar refractivity (Wildman–Crippen MR) is 39.4 cm³/mol. The standard InChI is InChI=1S/C7H13NO2/c1-3-6(8)4-5(2)7(9)10/h5,8H,3-4H2,1-2H3,(H,9,10). The molecule has 0 saturated heterocycles. The largest absolute Gasteiger partial charge is 0.481 e. The molecule has 0 spiro atoms. The highest BCUT2D eigenvalue weighted by Gasteiger charge is 2.11. The molecule has 3 nitrogen and oxygen atoms in total. The second-order valence-electron chi connectivity index (χ2n) is 2.40. The fourth-order valence-electron chi connectivity index (χ4n) is 0.601. The van der Waals surface area contributed by atoms with E-state index in [-0.39, 0.29) is 0 Å². The van der Waals surface area contributed by atoms with Crippen molar-refractivity contribution in [2.45, 2.75) is 26.7 Å². The van der Waals surface area contributed by atoms with Crippen LogP contribution in [0.4, 0.5) is 0 Å². The average molecular weight is 143 g/mol. The molecule has 0 amide bonds. The summed E-state index contributed by atoms with van der Waals surface area (Å²) in [6.45, 7) is 3.48. The summed E-state index contributed by atoms with van der Waals surface area (Å²) in [7, 11) is 0. The summed E-state index contributed by atoms with van der Waals surface area (Å²) < 4.78 is 0. The SMILES string of the molecule is CCC(=N)CC(C)C(=O)O. The number of carboxylic acids is 1. The third-order valence-electron chi connectivity index (χ3n) is 1.40. The van der Waals surface area contributed by atoms with E-state index in [4.69, 9.17) is 10.5 Å². The van der Waals surface area contributed by atoms with E-state index < -0.39 is 11.9 Å². The summed E-state index contributed by atoms with van der Waals surface area (Å²) in [5.74, 6) is -1.23. The van der Waals surface area contributed by atoms with Crippen molar-refractivity contribution in [1.82, 2.24) is 0 Å². The van der Waals surface area contributed by atoms with Gasteiger partial charge in [0.1, 0.15) is 0 Å². The van der Waals surface area contributed by atoms with E-state index in [1.54, 1.807) is 6.92 Å². The molecule has 58 valence electrons. The highest BCUT2D eigenvalue weighted by molar-refractivity contribution is 5.85. The Hall–Kier alpha value is -0.860. The van der Waals surface area contributed by atoms with Crippen molar-refractivity contribution in [3.05, 3.63) is 0 Å². The van der Waals surface area contributed by atoms with Gasteiger partial charge in [0.2, 0.25) is 0 Å². The van der Waals surface area contributed by atoms with Gasteiger partial charge < -0.3 is 10.5 Å². The van der Waals surface area contributed by atoms with Crippen LogP contribution in [0, 0.1) is 11.3 Å². The molecule has 0 rings (SSSR count). The van der Waals surface area contributed by atoms with Crippen LogP contribution in [0.15, 0.2) is 0 Å². The number of aliphatic carboxylic acids is 1. The summed E-state index contributed by atoms with van der Waals surface area (Å²) in [4.78, 5) is 10.3. The van der Waals surface area contributed by atoms with E-state index in [0.717, 1.165) is 0 Å². The Balaban J connectivity index is 3.68. The number of hydrogen-bond acceptors (Lipinski definition) is 2.